The lowest BCUT2D eigenvalue weighted by Gasteiger charge is -2.24. The molecule has 5 nitrogen and oxygen atoms in total. The zero-order valence-electron chi connectivity index (χ0n) is 15.6. The average Bonchev–Trinajstić information content (AvgIpc) is 3.01. The number of hydrogen-bond acceptors (Lipinski definition) is 4. The Morgan fingerprint density at radius 1 is 1.26 bits per heavy atom. The summed E-state index contributed by atoms with van der Waals surface area (Å²) < 4.78 is 12.2. The van der Waals surface area contributed by atoms with Gasteiger partial charge in [0.25, 0.3) is 5.56 Å². The monoisotopic (exact) mass is 363 g/mol. The SMILES string of the molecule is C/C=C1\C(=C/c2ccccc2C)Cn2c1cc1c(c2=O)COC(=O)C1OC. The summed E-state index contributed by atoms with van der Waals surface area (Å²) in [5.41, 5.74) is 6.20. The highest BCUT2D eigenvalue weighted by molar-refractivity contribution is 5.87. The molecule has 0 amide bonds. The number of hydrogen-bond donors (Lipinski definition) is 0. The minimum absolute atomic E-state index is 0.00481. The molecule has 5 heteroatoms. The molecule has 0 saturated carbocycles. The van der Waals surface area contributed by atoms with Gasteiger partial charge in [0.15, 0.2) is 6.10 Å². The summed E-state index contributed by atoms with van der Waals surface area (Å²) in [7, 11) is 1.45. The predicted molar refractivity (Wildman–Crippen MR) is 103 cm³/mol. The highest BCUT2D eigenvalue weighted by atomic mass is 16.6. The summed E-state index contributed by atoms with van der Waals surface area (Å²) in [4.78, 5) is 25.1. The first kappa shape index (κ1) is 17.5. The first-order valence-corrected chi connectivity index (χ1v) is 8.94. The van der Waals surface area contributed by atoms with Crippen molar-refractivity contribution in [3.8, 4) is 0 Å². The van der Waals surface area contributed by atoms with Crippen molar-refractivity contribution in [2.24, 2.45) is 0 Å². The number of pyridine rings is 1. The molecule has 1 aromatic heterocycles. The fourth-order valence-corrected chi connectivity index (χ4v) is 3.85. The summed E-state index contributed by atoms with van der Waals surface area (Å²) in [6.07, 6.45) is 3.29. The lowest BCUT2D eigenvalue weighted by atomic mass is 9.97. The van der Waals surface area contributed by atoms with E-state index in [1.807, 2.05) is 31.2 Å². The van der Waals surface area contributed by atoms with Crippen LogP contribution >= 0.6 is 0 Å². The van der Waals surface area contributed by atoms with Crippen molar-refractivity contribution in [1.29, 1.82) is 0 Å². The van der Waals surface area contributed by atoms with E-state index in [0.29, 0.717) is 17.7 Å². The fraction of sp³-hybridized carbons (Fsp3) is 0.273. The van der Waals surface area contributed by atoms with Gasteiger partial charge >= 0.3 is 5.97 Å². The summed E-state index contributed by atoms with van der Waals surface area (Å²) >= 11 is 0. The molecular formula is C22H21NO4. The van der Waals surface area contributed by atoms with Crippen LogP contribution in [0.5, 0.6) is 0 Å². The molecule has 2 aromatic rings. The Hall–Kier alpha value is -2.92. The number of ether oxygens (including phenoxy) is 2. The maximum absolute atomic E-state index is 13.1. The zero-order valence-corrected chi connectivity index (χ0v) is 15.6. The highest BCUT2D eigenvalue weighted by Crippen LogP contribution is 2.36. The van der Waals surface area contributed by atoms with Crippen molar-refractivity contribution in [2.45, 2.75) is 33.1 Å². The van der Waals surface area contributed by atoms with Crippen molar-refractivity contribution in [2.75, 3.05) is 7.11 Å². The quantitative estimate of drug-likeness (QED) is 0.768. The van der Waals surface area contributed by atoms with Crippen LogP contribution in [-0.4, -0.2) is 17.6 Å². The number of allylic oxidation sites excluding steroid dienone is 3. The van der Waals surface area contributed by atoms with Crippen molar-refractivity contribution in [3.63, 3.8) is 0 Å². The third kappa shape index (κ3) is 2.75. The molecule has 3 heterocycles. The van der Waals surface area contributed by atoms with Crippen molar-refractivity contribution < 1.29 is 14.3 Å². The molecule has 0 saturated heterocycles. The normalized spacial score (nSPS) is 21.3. The molecule has 1 unspecified atom stereocenters. The zero-order chi connectivity index (χ0) is 19.1. The van der Waals surface area contributed by atoms with Gasteiger partial charge in [-0.25, -0.2) is 4.79 Å². The molecule has 0 bridgehead atoms. The fourth-order valence-electron chi connectivity index (χ4n) is 3.85. The lowest BCUT2D eigenvalue weighted by Crippen LogP contribution is -2.33. The second-order valence-corrected chi connectivity index (χ2v) is 6.81. The third-order valence-corrected chi connectivity index (χ3v) is 5.28. The van der Waals surface area contributed by atoms with Crippen LogP contribution in [0.15, 0.2) is 46.8 Å². The average molecular weight is 363 g/mol. The van der Waals surface area contributed by atoms with E-state index in [1.165, 1.54) is 12.7 Å². The molecule has 1 atom stereocenters. The number of esters is 1. The largest absolute Gasteiger partial charge is 0.458 e. The van der Waals surface area contributed by atoms with Gasteiger partial charge in [-0.1, -0.05) is 30.3 Å². The van der Waals surface area contributed by atoms with Crippen molar-refractivity contribution in [1.82, 2.24) is 4.57 Å². The first-order chi connectivity index (χ1) is 13.0. The van der Waals surface area contributed by atoms with Gasteiger partial charge in [-0.05, 0) is 48.3 Å². The van der Waals surface area contributed by atoms with E-state index >= 15 is 0 Å². The predicted octanol–water partition coefficient (Wildman–Crippen LogP) is 3.40. The van der Waals surface area contributed by atoms with Gasteiger partial charge in [-0.15, -0.1) is 0 Å². The van der Waals surface area contributed by atoms with Gasteiger partial charge in [0.05, 0.1) is 17.8 Å². The number of benzene rings is 1. The van der Waals surface area contributed by atoms with Crippen LogP contribution in [0.1, 0.15) is 41.0 Å². The summed E-state index contributed by atoms with van der Waals surface area (Å²) in [6.45, 7) is 4.53. The number of aryl methyl sites for hydroxylation is 1. The van der Waals surface area contributed by atoms with Gasteiger partial charge in [0.1, 0.15) is 6.61 Å². The van der Waals surface area contributed by atoms with Crippen LogP contribution in [0.4, 0.5) is 0 Å². The number of fused-ring (bicyclic) bond motifs is 2. The lowest BCUT2D eigenvalue weighted by molar-refractivity contribution is -0.159. The molecule has 0 fully saturated rings. The molecule has 1 aromatic carbocycles. The molecule has 138 valence electrons. The first-order valence-electron chi connectivity index (χ1n) is 8.94. The van der Waals surface area contributed by atoms with Crippen molar-refractivity contribution in [3.05, 3.63) is 80.3 Å². The number of methoxy groups -OCH3 is 1. The Balaban J connectivity index is 1.87. The van der Waals surface area contributed by atoms with E-state index in [0.717, 1.165) is 22.4 Å². The molecule has 0 radical (unpaired) electrons. The van der Waals surface area contributed by atoms with Crippen LogP contribution in [0.2, 0.25) is 0 Å². The minimum atomic E-state index is -0.852. The molecule has 0 spiro atoms. The second-order valence-electron chi connectivity index (χ2n) is 6.81. The second kappa shape index (κ2) is 6.67. The number of nitrogens with zero attached hydrogens (tertiary/aromatic N) is 1. The molecule has 4 rings (SSSR count). The van der Waals surface area contributed by atoms with E-state index in [9.17, 15) is 9.59 Å². The van der Waals surface area contributed by atoms with Gasteiger partial charge in [-0.3, -0.25) is 4.79 Å². The van der Waals surface area contributed by atoms with Gasteiger partial charge in [0.2, 0.25) is 0 Å². The Morgan fingerprint density at radius 2 is 2.04 bits per heavy atom. The topological polar surface area (TPSA) is 57.5 Å². The van der Waals surface area contributed by atoms with E-state index in [1.54, 1.807) is 4.57 Å². The standard InChI is InChI=1S/C22H21NO4/c1-4-16-15(9-14-8-6-5-7-13(14)2)11-23-19(16)10-17-18(21(23)24)12-27-22(25)20(17)26-3/h4-10,20H,11-12H2,1-3H3/b15-9-,16-4+. The number of carbonyl (C=O) groups excluding carboxylic acids is 1. The van der Waals surface area contributed by atoms with Crippen LogP contribution < -0.4 is 5.56 Å². The Labute approximate surface area is 157 Å². The van der Waals surface area contributed by atoms with Gasteiger partial charge in [-0.2, -0.15) is 0 Å². The van der Waals surface area contributed by atoms with Crippen LogP contribution in [0.25, 0.3) is 11.6 Å². The summed E-state index contributed by atoms with van der Waals surface area (Å²) in [5.74, 6) is -0.454. The van der Waals surface area contributed by atoms with Crippen LogP contribution in [0, 0.1) is 6.92 Å². The molecule has 2 aliphatic rings. The van der Waals surface area contributed by atoms with Crippen molar-refractivity contribution >= 4 is 17.6 Å². The van der Waals surface area contributed by atoms with Gasteiger partial charge in [0, 0.05) is 12.7 Å². The minimum Gasteiger partial charge on any atom is -0.458 e. The maximum atomic E-state index is 13.1. The van der Waals surface area contributed by atoms with E-state index < -0.39 is 12.1 Å². The van der Waals surface area contributed by atoms with E-state index in [2.05, 4.69) is 25.1 Å². The maximum Gasteiger partial charge on any atom is 0.340 e. The smallest absolute Gasteiger partial charge is 0.340 e. The summed E-state index contributed by atoms with van der Waals surface area (Å²) in [6, 6.07) is 10.1. The highest BCUT2D eigenvalue weighted by Gasteiger charge is 2.35. The Morgan fingerprint density at radius 3 is 2.74 bits per heavy atom. The molecule has 0 aliphatic carbocycles. The number of aromatic nitrogens is 1. The van der Waals surface area contributed by atoms with E-state index in [-0.39, 0.29) is 12.2 Å². The Bertz CT molecular complexity index is 1060. The molecule has 0 N–H and O–H groups in total. The van der Waals surface area contributed by atoms with Crippen LogP contribution in [0.3, 0.4) is 0 Å². The number of cyclic esters (lactones) is 1. The van der Waals surface area contributed by atoms with Crippen LogP contribution in [-0.2, 0) is 27.4 Å². The molecule has 2 aliphatic heterocycles. The molecular weight excluding hydrogens is 342 g/mol. The van der Waals surface area contributed by atoms with Gasteiger partial charge < -0.3 is 14.0 Å². The summed E-state index contributed by atoms with van der Waals surface area (Å²) in [5, 5.41) is 0. The number of carbonyl (C=O) groups is 1. The Kier molecular flexibility index (Phi) is 4.32. The third-order valence-electron chi connectivity index (χ3n) is 5.28. The van der Waals surface area contributed by atoms with E-state index in [4.69, 9.17) is 9.47 Å². The molecule has 27 heavy (non-hydrogen) atoms. The number of rotatable bonds is 2.